The molecule has 0 N–H and O–H groups in total. The van der Waals surface area contributed by atoms with Crippen molar-refractivity contribution in [1.29, 1.82) is 0 Å². The van der Waals surface area contributed by atoms with Crippen molar-refractivity contribution in [2.24, 2.45) is 34.0 Å². The monoisotopic (exact) mass is 232 g/mol. The fourth-order valence-corrected chi connectivity index (χ4v) is 7.53. The topological polar surface area (TPSA) is 0 Å². The Morgan fingerprint density at radius 2 is 1.76 bits per heavy atom. The van der Waals surface area contributed by atoms with E-state index in [0.717, 1.165) is 28.6 Å². The Bertz CT molecular complexity index is 359. The number of hydrogen-bond acceptors (Lipinski definition) is 0. The maximum atomic E-state index is 2.68. The third-order valence-corrected chi connectivity index (χ3v) is 7.53. The molecule has 0 aromatic carbocycles. The first kappa shape index (κ1) is 10.9. The summed E-state index contributed by atoms with van der Waals surface area (Å²) in [4.78, 5) is 0. The predicted molar refractivity (Wildman–Crippen MR) is 71.7 cm³/mol. The fourth-order valence-electron chi connectivity index (χ4n) is 7.53. The second-order valence-electron chi connectivity index (χ2n) is 8.61. The molecule has 0 nitrogen and oxygen atoms in total. The third kappa shape index (κ3) is 1.08. The number of rotatable bonds is 0. The second-order valence-corrected chi connectivity index (χ2v) is 8.61. The lowest BCUT2D eigenvalue weighted by Crippen LogP contribution is -2.32. The average molecular weight is 232 g/mol. The highest BCUT2D eigenvalue weighted by Crippen LogP contribution is 2.88. The van der Waals surface area contributed by atoms with Gasteiger partial charge in [0.2, 0.25) is 0 Å². The Morgan fingerprint density at radius 1 is 1.00 bits per heavy atom. The van der Waals surface area contributed by atoms with E-state index in [2.05, 4.69) is 20.8 Å². The minimum Gasteiger partial charge on any atom is -0.0625 e. The van der Waals surface area contributed by atoms with Gasteiger partial charge < -0.3 is 0 Å². The molecule has 1 spiro atoms. The number of hydrogen-bond donors (Lipinski definition) is 0. The van der Waals surface area contributed by atoms with Crippen LogP contribution in [0.15, 0.2) is 0 Å². The quantitative estimate of drug-likeness (QED) is 0.549. The zero-order valence-corrected chi connectivity index (χ0v) is 11.9. The van der Waals surface area contributed by atoms with Gasteiger partial charge in [0, 0.05) is 0 Å². The lowest BCUT2D eigenvalue weighted by molar-refractivity contribution is 0.0838. The summed E-state index contributed by atoms with van der Waals surface area (Å²) < 4.78 is 0. The van der Waals surface area contributed by atoms with E-state index in [-0.39, 0.29) is 0 Å². The van der Waals surface area contributed by atoms with Gasteiger partial charge in [-0.3, -0.25) is 0 Å². The van der Waals surface area contributed by atoms with Crippen LogP contribution in [0, 0.1) is 34.0 Å². The number of fused-ring (bicyclic) bond motifs is 4. The van der Waals surface area contributed by atoms with Crippen molar-refractivity contribution in [3.05, 3.63) is 0 Å². The van der Waals surface area contributed by atoms with E-state index in [1.165, 1.54) is 25.7 Å². The van der Waals surface area contributed by atoms with Crippen LogP contribution in [0.25, 0.3) is 0 Å². The largest absolute Gasteiger partial charge is 0.0625 e. The Labute approximate surface area is 107 Å². The average Bonchev–Trinajstić information content (AvgIpc) is 2.58. The zero-order valence-electron chi connectivity index (χ0n) is 11.9. The summed E-state index contributed by atoms with van der Waals surface area (Å²) in [5.41, 5.74) is 2.29. The summed E-state index contributed by atoms with van der Waals surface area (Å²) in [5, 5.41) is 0. The van der Waals surface area contributed by atoms with E-state index in [1.807, 2.05) is 0 Å². The molecule has 4 aliphatic rings. The molecule has 2 bridgehead atoms. The van der Waals surface area contributed by atoms with Crippen LogP contribution in [0.3, 0.4) is 0 Å². The lowest BCUT2D eigenvalue weighted by atomic mass is 9.63. The van der Waals surface area contributed by atoms with Gasteiger partial charge in [0.05, 0.1) is 0 Å². The van der Waals surface area contributed by atoms with Gasteiger partial charge in [0.1, 0.15) is 0 Å². The summed E-state index contributed by atoms with van der Waals surface area (Å²) in [5.74, 6) is 3.27. The Morgan fingerprint density at radius 3 is 2.59 bits per heavy atom. The van der Waals surface area contributed by atoms with Crippen molar-refractivity contribution in [3.8, 4) is 0 Å². The van der Waals surface area contributed by atoms with Gasteiger partial charge in [0.15, 0.2) is 0 Å². The molecule has 6 atom stereocenters. The third-order valence-electron chi connectivity index (χ3n) is 7.53. The van der Waals surface area contributed by atoms with Gasteiger partial charge in [0.25, 0.3) is 0 Å². The molecular formula is C17H28. The summed E-state index contributed by atoms with van der Waals surface area (Å²) in [6.45, 7) is 7.85. The van der Waals surface area contributed by atoms with Crippen LogP contribution in [-0.2, 0) is 0 Å². The molecule has 0 amide bonds. The normalized spacial score (nSPS) is 64.8. The molecule has 0 saturated heterocycles. The summed E-state index contributed by atoms with van der Waals surface area (Å²) in [6.07, 6.45) is 12.3. The van der Waals surface area contributed by atoms with Crippen molar-refractivity contribution in [2.45, 2.75) is 72.1 Å². The van der Waals surface area contributed by atoms with Gasteiger partial charge in [-0.2, -0.15) is 0 Å². The van der Waals surface area contributed by atoms with Crippen LogP contribution in [-0.4, -0.2) is 0 Å². The van der Waals surface area contributed by atoms with Crippen molar-refractivity contribution in [1.82, 2.24) is 0 Å². The van der Waals surface area contributed by atoms with Gasteiger partial charge >= 0.3 is 0 Å². The molecular weight excluding hydrogens is 204 g/mol. The van der Waals surface area contributed by atoms with E-state index in [4.69, 9.17) is 0 Å². The van der Waals surface area contributed by atoms with Crippen LogP contribution < -0.4 is 0 Å². The highest BCUT2D eigenvalue weighted by Gasteiger charge is 2.81. The molecule has 0 aromatic rings. The molecule has 0 aromatic heterocycles. The summed E-state index contributed by atoms with van der Waals surface area (Å²) in [7, 11) is 0. The van der Waals surface area contributed by atoms with Gasteiger partial charge in [-0.05, 0) is 66.1 Å². The van der Waals surface area contributed by atoms with Crippen LogP contribution in [0.4, 0.5) is 0 Å². The van der Waals surface area contributed by atoms with Crippen molar-refractivity contribution >= 4 is 0 Å². The van der Waals surface area contributed by atoms with E-state index in [1.54, 1.807) is 25.7 Å². The predicted octanol–water partition coefficient (Wildman–Crippen LogP) is 5.03. The molecule has 4 saturated carbocycles. The van der Waals surface area contributed by atoms with Crippen LogP contribution in [0.2, 0.25) is 0 Å². The zero-order chi connectivity index (χ0) is 11.9. The minimum atomic E-state index is 0.716. The van der Waals surface area contributed by atoms with E-state index in [9.17, 15) is 0 Å². The van der Waals surface area contributed by atoms with Gasteiger partial charge in [-0.15, -0.1) is 0 Å². The van der Waals surface area contributed by atoms with E-state index in [0.29, 0.717) is 5.41 Å². The van der Waals surface area contributed by atoms with Crippen LogP contribution >= 0.6 is 0 Å². The molecule has 0 heterocycles. The lowest BCUT2D eigenvalue weighted by Gasteiger charge is -2.41. The summed E-state index contributed by atoms with van der Waals surface area (Å²) in [6, 6.07) is 0. The van der Waals surface area contributed by atoms with Crippen molar-refractivity contribution in [3.63, 3.8) is 0 Å². The first-order valence-electron chi connectivity index (χ1n) is 8.02. The Balaban J connectivity index is 1.78. The maximum Gasteiger partial charge on any atom is -0.0176 e. The molecule has 96 valence electrons. The highest BCUT2D eigenvalue weighted by atomic mass is 14.9. The Kier molecular flexibility index (Phi) is 1.88. The first-order chi connectivity index (χ1) is 8.02. The van der Waals surface area contributed by atoms with Crippen molar-refractivity contribution < 1.29 is 0 Å². The fraction of sp³-hybridized carbons (Fsp3) is 1.00. The van der Waals surface area contributed by atoms with Crippen LogP contribution in [0.5, 0.6) is 0 Å². The highest BCUT2D eigenvalue weighted by molar-refractivity contribution is 5.29. The molecule has 0 heteroatoms. The van der Waals surface area contributed by atoms with E-state index >= 15 is 0 Å². The minimum absolute atomic E-state index is 0.716. The molecule has 4 rings (SSSR count). The second kappa shape index (κ2) is 2.94. The Hall–Kier alpha value is 0. The van der Waals surface area contributed by atoms with Gasteiger partial charge in [-0.1, -0.05) is 40.0 Å². The molecule has 0 radical (unpaired) electrons. The SMILES string of the molecule is CC1CCCC2(C)CC(C)(C1)C13CCCC1C23. The molecule has 0 aliphatic heterocycles. The smallest absolute Gasteiger partial charge is 0.0176 e. The molecule has 6 unspecified atom stereocenters. The molecule has 4 fully saturated rings. The molecule has 4 aliphatic carbocycles. The molecule has 17 heavy (non-hydrogen) atoms. The summed E-state index contributed by atoms with van der Waals surface area (Å²) >= 11 is 0. The van der Waals surface area contributed by atoms with Gasteiger partial charge in [-0.25, -0.2) is 0 Å². The standard InChI is InChI=1S/C17H28/c1-12-6-4-8-15(2)11-16(3,10-12)17-9-5-7-13(17)14(15)17/h12-14H,4-11H2,1-3H3. The first-order valence-corrected chi connectivity index (χ1v) is 8.02. The van der Waals surface area contributed by atoms with E-state index < -0.39 is 0 Å². The van der Waals surface area contributed by atoms with Crippen molar-refractivity contribution in [2.75, 3.05) is 0 Å². The van der Waals surface area contributed by atoms with Crippen LogP contribution in [0.1, 0.15) is 72.1 Å². The maximum absolute atomic E-state index is 2.68.